The van der Waals surface area contributed by atoms with Crippen LogP contribution in [0.2, 0.25) is 0 Å². The van der Waals surface area contributed by atoms with Crippen LogP contribution in [0.25, 0.3) is 0 Å². The summed E-state index contributed by atoms with van der Waals surface area (Å²) in [4.78, 5) is 54.3. The van der Waals surface area contributed by atoms with E-state index in [1.807, 2.05) is 6.92 Å². The summed E-state index contributed by atoms with van der Waals surface area (Å²) in [5.41, 5.74) is 5.47. The van der Waals surface area contributed by atoms with E-state index in [-0.39, 0.29) is 35.9 Å². The summed E-state index contributed by atoms with van der Waals surface area (Å²) >= 11 is 0. The van der Waals surface area contributed by atoms with Crippen molar-refractivity contribution in [2.24, 2.45) is 0 Å². The number of nitrogens with one attached hydrogen (secondary N) is 3. The third kappa shape index (κ3) is 5.00. The van der Waals surface area contributed by atoms with Crippen molar-refractivity contribution in [3.63, 3.8) is 0 Å². The quantitative estimate of drug-likeness (QED) is 0.373. The Morgan fingerprint density at radius 3 is 2.65 bits per heavy atom. The maximum Gasteiger partial charge on any atom is 0.338 e. The Labute approximate surface area is 195 Å². The SMILES string of the molecule is CCCCn1c(N)c(N(CC)CC2=C(C(=O)OCC)C(c3ccco3)NC(=O)N2)c(=O)[nH]c1=O. The Morgan fingerprint density at radius 1 is 1.26 bits per heavy atom. The molecule has 0 aliphatic carbocycles. The van der Waals surface area contributed by atoms with Crippen molar-refractivity contribution < 1.29 is 18.7 Å². The highest BCUT2D eigenvalue weighted by Crippen LogP contribution is 2.29. The molecule has 0 fully saturated rings. The first kappa shape index (κ1) is 24.7. The fourth-order valence-corrected chi connectivity index (χ4v) is 3.82. The number of aromatic amines is 1. The third-order valence-electron chi connectivity index (χ3n) is 5.47. The van der Waals surface area contributed by atoms with E-state index in [0.717, 1.165) is 6.42 Å². The minimum Gasteiger partial charge on any atom is -0.467 e. The minimum atomic E-state index is -0.884. The van der Waals surface area contributed by atoms with Gasteiger partial charge in [-0.15, -0.1) is 0 Å². The van der Waals surface area contributed by atoms with Gasteiger partial charge in [-0.3, -0.25) is 14.3 Å². The number of unbranched alkanes of at least 4 members (excludes halogenated alkanes) is 1. The monoisotopic (exact) mass is 474 g/mol. The summed E-state index contributed by atoms with van der Waals surface area (Å²) in [7, 11) is 0. The van der Waals surface area contributed by atoms with Crippen LogP contribution in [0.5, 0.6) is 0 Å². The molecule has 2 aromatic heterocycles. The fourth-order valence-electron chi connectivity index (χ4n) is 3.82. The van der Waals surface area contributed by atoms with Crippen LogP contribution < -0.4 is 32.5 Å². The molecule has 184 valence electrons. The Hall–Kier alpha value is -3.96. The number of ether oxygens (including phenoxy) is 1. The van der Waals surface area contributed by atoms with Gasteiger partial charge in [0.2, 0.25) is 0 Å². The summed E-state index contributed by atoms with van der Waals surface area (Å²) in [6, 6.07) is 1.85. The van der Waals surface area contributed by atoms with Crippen LogP contribution >= 0.6 is 0 Å². The summed E-state index contributed by atoms with van der Waals surface area (Å²) in [5, 5.41) is 5.33. The molecule has 12 nitrogen and oxygen atoms in total. The van der Waals surface area contributed by atoms with E-state index >= 15 is 0 Å². The van der Waals surface area contributed by atoms with Crippen LogP contribution in [-0.4, -0.2) is 41.2 Å². The molecule has 5 N–H and O–H groups in total. The zero-order valence-corrected chi connectivity index (χ0v) is 19.5. The molecule has 1 unspecified atom stereocenters. The lowest BCUT2D eigenvalue weighted by Crippen LogP contribution is -2.49. The van der Waals surface area contributed by atoms with E-state index in [1.54, 1.807) is 30.9 Å². The number of carbonyl (C=O) groups excluding carboxylic acids is 2. The molecule has 1 aliphatic heterocycles. The molecule has 2 aromatic rings. The molecular weight excluding hydrogens is 444 g/mol. The lowest BCUT2D eigenvalue weighted by Gasteiger charge is -2.32. The number of amides is 2. The lowest BCUT2D eigenvalue weighted by molar-refractivity contribution is -0.139. The van der Waals surface area contributed by atoms with E-state index in [1.165, 1.54) is 10.8 Å². The summed E-state index contributed by atoms with van der Waals surface area (Å²) < 4.78 is 12.0. The molecular formula is C22H30N6O6. The molecule has 0 aromatic carbocycles. The second kappa shape index (κ2) is 10.8. The number of carbonyl (C=O) groups is 2. The lowest BCUT2D eigenvalue weighted by atomic mass is 9.99. The highest BCUT2D eigenvalue weighted by atomic mass is 16.5. The Kier molecular flexibility index (Phi) is 7.82. The van der Waals surface area contributed by atoms with Crippen molar-refractivity contribution in [1.29, 1.82) is 0 Å². The molecule has 0 spiro atoms. The van der Waals surface area contributed by atoms with E-state index in [0.29, 0.717) is 25.3 Å². The molecule has 0 saturated heterocycles. The Morgan fingerprint density at radius 2 is 2.03 bits per heavy atom. The number of hydrogen-bond acceptors (Lipinski definition) is 8. The van der Waals surface area contributed by atoms with Crippen molar-refractivity contribution in [2.75, 3.05) is 30.3 Å². The van der Waals surface area contributed by atoms with Gasteiger partial charge in [0, 0.05) is 13.1 Å². The summed E-state index contributed by atoms with van der Waals surface area (Å²) in [6.45, 7) is 6.17. The van der Waals surface area contributed by atoms with Crippen molar-refractivity contribution in [3.05, 3.63) is 56.3 Å². The molecule has 1 aliphatic rings. The van der Waals surface area contributed by atoms with Crippen molar-refractivity contribution >= 4 is 23.5 Å². The summed E-state index contributed by atoms with van der Waals surface area (Å²) in [6.07, 6.45) is 2.97. The van der Waals surface area contributed by atoms with Gasteiger partial charge in [-0.25, -0.2) is 14.4 Å². The number of nitrogens with two attached hydrogens (primary N) is 1. The van der Waals surface area contributed by atoms with Gasteiger partial charge < -0.3 is 30.4 Å². The highest BCUT2D eigenvalue weighted by molar-refractivity contribution is 5.95. The maximum absolute atomic E-state index is 12.9. The highest BCUT2D eigenvalue weighted by Gasteiger charge is 2.36. The number of furan rings is 1. The number of likely N-dealkylation sites (N-methyl/N-ethyl adjacent to an activating group) is 1. The first-order chi connectivity index (χ1) is 16.3. The normalized spacial score (nSPS) is 15.6. The molecule has 0 saturated carbocycles. The number of rotatable bonds is 10. The number of urea groups is 1. The minimum absolute atomic E-state index is 0.0187. The predicted molar refractivity (Wildman–Crippen MR) is 125 cm³/mol. The zero-order chi connectivity index (χ0) is 24.8. The predicted octanol–water partition coefficient (Wildman–Crippen LogP) is 1.21. The number of aromatic nitrogens is 2. The first-order valence-corrected chi connectivity index (χ1v) is 11.2. The molecule has 1 atom stereocenters. The van der Waals surface area contributed by atoms with Crippen molar-refractivity contribution in [3.8, 4) is 0 Å². The Bertz CT molecular complexity index is 1180. The van der Waals surface area contributed by atoms with Gasteiger partial charge in [0.15, 0.2) is 0 Å². The van der Waals surface area contributed by atoms with Crippen LogP contribution in [0, 0.1) is 0 Å². The number of anilines is 2. The number of nitrogens with zero attached hydrogens (tertiary/aromatic N) is 2. The van der Waals surface area contributed by atoms with Gasteiger partial charge in [-0.2, -0.15) is 0 Å². The van der Waals surface area contributed by atoms with Crippen LogP contribution in [0.3, 0.4) is 0 Å². The van der Waals surface area contributed by atoms with Gasteiger partial charge in [0.05, 0.1) is 30.7 Å². The largest absolute Gasteiger partial charge is 0.467 e. The summed E-state index contributed by atoms with van der Waals surface area (Å²) in [5.74, 6) is -0.272. The first-order valence-electron chi connectivity index (χ1n) is 11.2. The van der Waals surface area contributed by atoms with Gasteiger partial charge in [-0.1, -0.05) is 13.3 Å². The van der Waals surface area contributed by atoms with Gasteiger partial charge >= 0.3 is 17.7 Å². The topological polar surface area (TPSA) is 165 Å². The van der Waals surface area contributed by atoms with Gasteiger partial charge in [0.1, 0.15) is 23.3 Å². The van der Waals surface area contributed by atoms with Gasteiger partial charge in [0.25, 0.3) is 5.56 Å². The maximum atomic E-state index is 12.9. The number of H-pyrrole nitrogens is 1. The van der Waals surface area contributed by atoms with Gasteiger partial charge in [-0.05, 0) is 32.4 Å². The van der Waals surface area contributed by atoms with E-state index in [9.17, 15) is 19.2 Å². The van der Waals surface area contributed by atoms with E-state index in [4.69, 9.17) is 14.9 Å². The zero-order valence-electron chi connectivity index (χ0n) is 19.5. The van der Waals surface area contributed by atoms with Crippen molar-refractivity contribution in [2.45, 2.75) is 46.2 Å². The molecule has 0 radical (unpaired) electrons. The molecule has 2 amide bonds. The second-order valence-corrected chi connectivity index (χ2v) is 7.67. The van der Waals surface area contributed by atoms with Crippen molar-refractivity contribution in [1.82, 2.24) is 20.2 Å². The smallest absolute Gasteiger partial charge is 0.338 e. The molecule has 34 heavy (non-hydrogen) atoms. The fraction of sp³-hybridized carbons (Fsp3) is 0.455. The molecule has 3 heterocycles. The van der Waals surface area contributed by atoms with Crippen LogP contribution in [0.15, 0.2) is 43.7 Å². The average molecular weight is 475 g/mol. The average Bonchev–Trinajstić information content (AvgIpc) is 3.32. The second-order valence-electron chi connectivity index (χ2n) is 7.67. The third-order valence-corrected chi connectivity index (χ3v) is 5.47. The van der Waals surface area contributed by atoms with E-state index in [2.05, 4.69) is 15.6 Å². The molecule has 0 bridgehead atoms. The Balaban J connectivity index is 2.10. The number of nitrogen functional groups attached to an aromatic ring is 1. The standard InChI is InChI=1S/C22H30N6O6/c1-4-7-10-28-18(23)17(19(29)26-22(28)32)27(5-2)12-13-15(20(30)33-6-3)16(25-21(31)24-13)14-9-8-11-34-14/h8-9,11,16H,4-7,10,12,23H2,1-3H3,(H2,24,25,31)(H,26,29,32). The molecule has 3 rings (SSSR count). The number of esters is 1. The van der Waals surface area contributed by atoms with E-state index < -0.39 is 29.3 Å². The van der Waals surface area contributed by atoms with Crippen LogP contribution in [0.1, 0.15) is 45.4 Å². The number of hydrogen-bond donors (Lipinski definition) is 4. The van der Waals surface area contributed by atoms with Crippen LogP contribution in [0.4, 0.5) is 16.3 Å². The van der Waals surface area contributed by atoms with Crippen LogP contribution in [-0.2, 0) is 16.1 Å². The molecule has 12 heteroatoms.